The minimum atomic E-state index is -4.01. The Bertz CT molecular complexity index is 625. The molecule has 0 bridgehead atoms. The maximum Gasteiger partial charge on any atom is 0.261 e. The van der Waals surface area contributed by atoms with Crippen LogP contribution >= 0.6 is 0 Å². The number of aromatic nitrogens is 1. The maximum absolute atomic E-state index is 13.4. The molecule has 2 aromatic rings. The molecule has 0 amide bonds. The Morgan fingerprint density at radius 1 is 1.39 bits per heavy atom. The van der Waals surface area contributed by atoms with Gasteiger partial charge in [-0.1, -0.05) is 0 Å². The van der Waals surface area contributed by atoms with Gasteiger partial charge in [-0.2, -0.15) is 4.72 Å². The first-order valence-corrected chi connectivity index (χ1v) is 6.65. The smallest absolute Gasteiger partial charge is 0.261 e. The van der Waals surface area contributed by atoms with Gasteiger partial charge in [0.25, 0.3) is 10.0 Å². The number of nitrogens with one attached hydrogen (secondary N) is 1. The highest BCUT2D eigenvalue weighted by molar-refractivity contribution is 7.89. The zero-order valence-electron chi connectivity index (χ0n) is 9.50. The van der Waals surface area contributed by atoms with Gasteiger partial charge in [0.2, 0.25) is 5.03 Å². The molecule has 0 fully saturated rings. The van der Waals surface area contributed by atoms with E-state index in [-0.39, 0.29) is 0 Å². The molecule has 1 unspecified atom stereocenters. The molecule has 0 saturated carbocycles. The van der Waals surface area contributed by atoms with Crippen molar-refractivity contribution in [2.24, 2.45) is 0 Å². The highest BCUT2D eigenvalue weighted by Crippen LogP contribution is 2.17. The number of sulfonamides is 1. The molecule has 0 aliphatic carbocycles. The van der Waals surface area contributed by atoms with E-state index in [4.69, 9.17) is 4.42 Å². The molecule has 1 N–H and O–H groups in total. The van der Waals surface area contributed by atoms with Gasteiger partial charge in [0.05, 0.1) is 12.3 Å². The number of rotatable bonds is 4. The number of hydrogen-bond donors (Lipinski definition) is 1. The summed E-state index contributed by atoms with van der Waals surface area (Å²) < 4.78 is 44.5. The van der Waals surface area contributed by atoms with Gasteiger partial charge in [-0.25, -0.2) is 17.8 Å². The van der Waals surface area contributed by atoms with Crippen LogP contribution < -0.4 is 4.72 Å². The van der Waals surface area contributed by atoms with Crippen LogP contribution in [-0.4, -0.2) is 13.4 Å². The first-order chi connectivity index (χ1) is 8.50. The summed E-state index contributed by atoms with van der Waals surface area (Å²) in [5, 5.41) is -0.622. The number of pyridine rings is 1. The highest BCUT2D eigenvalue weighted by atomic mass is 32.2. The Balaban J connectivity index is 2.26. The number of halogens is 1. The van der Waals surface area contributed by atoms with Crippen LogP contribution in [0, 0.1) is 5.82 Å². The van der Waals surface area contributed by atoms with Crippen LogP contribution in [0.2, 0.25) is 0 Å². The van der Waals surface area contributed by atoms with Crippen molar-refractivity contribution in [3.8, 4) is 0 Å². The van der Waals surface area contributed by atoms with Crippen LogP contribution in [0.5, 0.6) is 0 Å². The molecule has 2 aromatic heterocycles. The van der Waals surface area contributed by atoms with Crippen molar-refractivity contribution in [1.82, 2.24) is 9.71 Å². The lowest BCUT2D eigenvalue weighted by atomic mass is 10.3. The van der Waals surface area contributed by atoms with Gasteiger partial charge in [-0.05, 0) is 31.2 Å². The fourth-order valence-corrected chi connectivity index (χ4v) is 2.67. The first kappa shape index (κ1) is 12.7. The molecule has 0 aliphatic heterocycles. The first-order valence-electron chi connectivity index (χ1n) is 5.17. The average molecular weight is 270 g/mol. The van der Waals surface area contributed by atoms with Crippen molar-refractivity contribution in [3.63, 3.8) is 0 Å². The molecular formula is C11H11FN2O3S. The third-order valence-electron chi connectivity index (χ3n) is 2.28. The fraction of sp³-hybridized carbons (Fsp3) is 0.182. The molecule has 5 nitrogen and oxygen atoms in total. The highest BCUT2D eigenvalue weighted by Gasteiger charge is 2.24. The van der Waals surface area contributed by atoms with Gasteiger partial charge in [0, 0.05) is 6.20 Å². The quantitative estimate of drug-likeness (QED) is 0.920. The van der Waals surface area contributed by atoms with Gasteiger partial charge in [0.15, 0.2) is 5.82 Å². The van der Waals surface area contributed by atoms with Crippen LogP contribution in [0.25, 0.3) is 0 Å². The second kappa shape index (κ2) is 4.87. The van der Waals surface area contributed by atoms with E-state index in [9.17, 15) is 12.8 Å². The second-order valence-electron chi connectivity index (χ2n) is 3.65. The lowest BCUT2D eigenvalue weighted by Crippen LogP contribution is -2.28. The predicted molar refractivity (Wildman–Crippen MR) is 61.6 cm³/mol. The summed E-state index contributed by atoms with van der Waals surface area (Å²) in [5.41, 5.74) is 0. The summed E-state index contributed by atoms with van der Waals surface area (Å²) in [4.78, 5) is 3.53. The van der Waals surface area contributed by atoms with Gasteiger partial charge in [-0.15, -0.1) is 0 Å². The SMILES string of the molecule is CC(NS(=O)(=O)c1ncccc1F)c1ccco1. The van der Waals surface area contributed by atoms with E-state index < -0.39 is 26.9 Å². The third-order valence-corrected chi connectivity index (χ3v) is 3.75. The van der Waals surface area contributed by atoms with E-state index in [2.05, 4.69) is 9.71 Å². The van der Waals surface area contributed by atoms with Crippen molar-refractivity contribution in [3.05, 3.63) is 48.3 Å². The lowest BCUT2D eigenvalue weighted by Gasteiger charge is -2.11. The summed E-state index contributed by atoms with van der Waals surface area (Å²) in [5.74, 6) is -0.452. The Morgan fingerprint density at radius 2 is 2.17 bits per heavy atom. The molecule has 96 valence electrons. The molecule has 0 radical (unpaired) electrons. The Labute approximate surface area is 104 Å². The van der Waals surface area contributed by atoms with E-state index in [1.54, 1.807) is 19.1 Å². The largest absolute Gasteiger partial charge is 0.468 e. The molecule has 1 atom stereocenters. The lowest BCUT2D eigenvalue weighted by molar-refractivity contribution is 0.457. The van der Waals surface area contributed by atoms with Crippen molar-refractivity contribution >= 4 is 10.0 Å². The van der Waals surface area contributed by atoms with E-state index in [0.717, 1.165) is 6.07 Å². The minimum Gasteiger partial charge on any atom is -0.468 e. The van der Waals surface area contributed by atoms with Crippen LogP contribution in [0.3, 0.4) is 0 Å². The molecule has 18 heavy (non-hydrogen) atoms. The molecule has 0 saturated heterocycles. The maximum atomic E-state index is 13.4. The van der Waals surface area contributed by atoms with Crippen molar-refractivity contribution in [1.29, 1.82) is 0 Å². The van der Waals surface area contributed by atoms with Crippen LogP contribution in [0.4, 0.5) is 4.39 Å². The zero-order chi connectivity index (χ0) is 13.2. The summed E-state index contributed by atoms with van der Waals surface area (Å²) in [6.07, 6.45) is 2.65. The van der Waals surface area contributed by atoms with Gasteiger partial charge < -0.3 is 4.42 Å². The van der Waals surface area contributed by atoms with Crippen molar-refractivity contribution in [2.75, 3.05) is 0 Å². The summed E-state index contributed by atoms with van der Waals surface area (Å²) >= 11 is 0. The van der Waals surface area contributed by atoms with Gasteiger partial charge >= 0.3 is 0 Å². The van der Waals surface area contributed by atoms with Crippen LogP contribution in [0.15, 0.2) is 46.2 Å². The molecule has 0 spiro atoms. The monoisotopic (exact) mass is 270 g/mol. The molecule has 0 aromatic carbocycles. The summed E-state index contributed by atoms with van der Waals surface area (Å²) in [6.45, 7) is 1.59. The molecule has 2 heterocycles. The number of hydrogen-bond acceptors (Lipinski definition) is 4. The summed E-state index contributed by atoms with van der Waals surface area (Å²) in [7, 11) is -4.01. The van der Waals surface area contributed by atoms with Gasteiger partial charge in [0.1, 0.15) is 5.76 Å². The molecule has 7 heteroatoms. The van der Waals surface area contributed by atoms with E-state index in [1.807, 2.05) is 0 Å². The van der Waals surface area contributed by atoms with E-state index in [1.165, 1.54) is 18.5 Å². The third kappa shape index (κ3) is 2.57. The summed E-state index contributed by atoms with van der Waals surface area (Å²) in [6, 6.07) is 5.03. The van der Waals surface area contributed by atoms with Crippen molar-refractivity contribution in [2.45, 2.75) is 18.0 Å². The Hall–Kier alpha value is -1.73. The standard InChI is InChI=1S/C11H11FN2O3S/c1-8(10-5-3-7-17-10)14-18(15,16)11-9(12)4-2-6-13-11/h2-8,14H,1H3. The second-order valence-corrected chi connectivity index (χ2v) is 5.28. The van der Waals surface area contributed by atoms with Crippen LogP contribution in [0.1, 0.15) is 18.7 Å². The average Bonchev–Trinajstić information content (AvgIpc) is 2.82. The molecule has 2 rings (SSSR count). The fourth-order valence-electron chi connectivity index (χ4n) is 1.45. The minimum absolute atomic E-state index is 0.440. The molecular weight excluding hydrogens is 259 g/mol. The van der Waals surface area contributed by atoms with Gasteiger partial charge in [-0.3, -0.25) is 0 Å². The Morgan fingerprint density at radius 3 is 2.78 bits per heavy atom. The Kier molecular flexibility index (Phi) is 3.44. The van der Waals surface area contributed by atoms with Crippen molar-refractivity contribution < 1.29 is 17.2 Å². The van der Waals surface area contributed by atoms with Crippen LogP contribution in [-0.2, 0) is 10.0 Å². The normalized spacial score (nSPS) is 13.4. The van der Waals surface area contributed by atoms with E-state index >= 15 is 0 Å². The topological polar surface area (TPSA) is 72.2 Å². The molecule has 0 aliphatic rings. The number of furan rings is 1. The van der Waals surface area contributed by atoms with E-state index in [0.29, 0.717) is 5.76 Å². The predicted octanol–water partition coefficient (Wildman–Crippen LogP) is 1.85. The number of nitrogens with zero attached hydrogens (tertiary/aromatic N) is 1. The zero-order valence-corrected chi connectivity index (χ0v) is 10.3.